The van der Waals surface area contributed by atoms with Gasteiger partial charge in [0.2, 0.25) is 0 Å². The van der Waals surface area contributed by atoms with E-state index in [4.69, 9.17) is 0 Å². The van der Waals surface area contributed by atoms with Gasteiger partial charge in [0.25, 0.3) is 11.8 Å². The fraction of sp³-hybridized carbons (Fsp3) is 0.294. The molecule has 1 aromatic heterocycles. The van der Waals surface area contributed by atoms with Gasteiger partial charge in [0.05, 0.1) is 16.1 Å². The van der Waals surface area contributed by atoms with E-state index >= 15 is 0 Å². The van der Waals surface area contributed by atoms with Crippen LogP contribution >= 0.6 is 33.9 Å². The second-order valence-corrected chi connectivity index (χ2v) is 7.67. The van der Waals surface area contributed by atoms with Gasteiger partial charge in [0.1, 0.15) is 0 Å². The van der Waals surface area contributed by atoms with Crippen LogP contribution in [0.2, 0.25) is 0 Å². The normalized spacial score (nSPS) is 14.6. The highest BCUT2D eigenvalue weighted by Gasteiger charge is 2.22. The van der Waals surface area contributed by atoms with E-state index in [9.17, 15) is 9.59 Å². The van der Waals surface area contributed by atoms with Crippen molar-refractivity contribution in [2.45, 2.75) is 19.3 Å². The lowest BCUT2D eigenvalue weighted by molar-refractivity contribution is 0.0725. The summed E-state index contributed by atoms with van der Waals surface area (Å²) in [4.78, 5) is 27.6. The van der Waals surface area contributed by atoms with Crippen molar-refractivity contribution in [1.82, 2.24) is 4.90 Å². The zero-order valence-electron chi connectivity index (χ0n) is 12.5. The minimum atomic E-state index is -0.172. The molecule has 2 aromatic rings. The average Bonchev–Trinajstić information content (AvgIpc) is 3.11. The second kappa shape index (κ2) is 7.44. The van der Waals surface area contributed by atoms with Crippen LogP contribution in [0.4, 0.5) is 5.69 Å². The first-order valence-corrected chi connectivity index (χ1v) is 9.54. The smallest absolute Gasteiger partial charge is 0.265 e. The molecule has 4 nitrogen and oxygen atoms in total. The number of carbonyl (C=O) groups excluding carboxylic acids is 2. The van der Waals surface area contributed by atoms with Gasteiger partial charge < -0.3 is 10.2 Å². The molecule has 1 aliphatic heterocycles. The Hall–Kier alpha value is -1.41. The van der Waals surface area contributed by atoms with E-state index in [-0.39, 0.29) is 11.8 Å². The van der Waals surface area contributed by atoms with E-state index in [1.54, 1.807) is 6.07 Å². The molecule has 1 fully saturated rings. The highest BCUT2D eigenvalue weighted by molar-refractivity contribution is 14.1. The number of carbonyl (C=O) groups is 2. The van der Waals surface area contributed by atoms with Gasteiger partial charge in [-0.25, -0.2) is 0 Å². The summed E-state index contributed by atoms with van der Waals surface area (Å²) >= 11 is 3.58. The first-order valence-electron chi connectivity index (χ1n) is 7.59. The lowest BCUT2D eigenvalue weighted by Gasteiger charge is -2.27. The Labute approximate surface area is 153 Å². The molecule has 1 aromatic carbocycles. The minimum absolute atomic E-state index is 0.00435. The molecule has 0 bridgehead atoms. The van der Waals surface area contributed by atoms with E-state index in [0.717, 1.165) is 29.5 Å². The second-order valence-electron chi connectivity index (χ2n) is 5.47. The van der Waals surface area contributed by atoms with Crippen molar-refractivity contribution in [2.24, 2.45) is 0 Å². The fourth-order valence-corrected chi connectivity index (χ4v) is 3.77. The summed E-state index contributed by atoms with van der Waals surface area (Å²) in [6.45, 7) is 1.59. The largest absolute Gasteiger partial charge is 0.339 e. The van der Waals surface area contributed by atoms with E-state index in [1.165, 1.54) is 17.8 Å². The number of likely N-dealkylation sites (tertiary alicyclic amines) is 1. The lowest BCUT2D eigenvalue weighted by Crippen LogP contribution is -2.36. The molecular formula is C17H17IN2O2S. The number of nitrogens with zero attached hydrogens (tertiary/aromatic N) is 1. The average molecular weight is 440 g/mol. The molecule has 1 N–H and O–H groups in total. The van der Waals surface area contributed by atoms with Gasteiger partial charge in [-0.2, -0.15) is 0 Å². The first-order chi connectivity index (χ1) is 11.1. The van der Waals surface area contributed by atoms with Gasteiger partial charge in [-0.1, -0.05) is 6.07 Å². The van der Waals surface area contributed by atoms with E-state index < -0.39 is 0 Å². The van der Waals surface area contributed by atoms with Crippen molar-refractivity contribution in [3.8, 4) is 0 Å². The molecule has 1 saturated heterocycles. The molecule has 0 saturated carbocycles. The maximum absolute atomic E-state index is 12.8. The quantitative estimate of drug-likeness (QED) is 0.727. The van der Waals surface area contributed by atoms with Crippen molar-refractivity contribution in [3.05, 3.63) is 49.7 Å². The summed E-state index contributed by atoms with van der Waals surface area (Å²) in [5.74, 6) is -0.168. The first kappa shape index (κ1) is 16.4. The number of halogens is 1. The molecule has 6 heteroatoms. The van der Waals surface area contributed by atoms with Crippen LogP contribution < -0.4 is 5.32 Å². The Kier molecular flexibility index (Phi) is 5.32. The third-order valence-corrected chi connectivity index (χ3v) is 5.39. The molecule has 0 unspecified atom stereocenters. The maximum Gasteiger partial charge on any atom is 0.265 e. The van der Waals surface area contributed by atoms with Crippen molar-refractivity contribution < 1.29 is 9.59 Å². The van der Waals surface area contributed by atoms with Gasteiger partial charge >= 0.3 is 0 Å². The van der Waals surface area contributed by atoms with E-state index in [1.807, 2.05) is 34.5 Å². The number of rotatable bonds is 3. The number of hydrogen-bond donors (Lipinski definition) is 1. The number of anilines is 1. The molecule has 0 spiro atoms. The van der Waals surface area contributed by atoms with Crippen LogP contribution in [0, 0.1) is 3.57 Å². The van der Waals surface area contributed by atoms with Crippen molar-refractivity contribution in [3.63, 3.8) is 0 Å². The Balaban J connectivity index is 1.85. The standard InChI is InChI=1S/C17H17IN2O2S/c18-12-6-7-14(19-16(21)15-5-4-10-23-15)13(11-12)17(22)20-8-2-1-3-9-20/h4-7,10-11H,1-3,8-9H2,(H,19,21). The summed E-state index contributed by atoms with van der Waals surface area (Å²) in [5.41, 5.74) is 1.16. The summed E-state index contributed by atoms with van der Waals surface area (Å²) < 4.78 is 0.983. The third-order valence-electron chi connectivity index (χ3n) is 3.85. The molecule has 0 aliphatic carbocycles. The van der Waals surface area contributed by atoms with Gasteiger partial charge in [-0.15, -0.1) is 11.3 Å². The third kappa shape index (κ3) is 3.92. The zero-order chi connectivity index (χ0) is 16.2. The molecule has 0 atom stereocenters. The highest BCUT2D eigenvalue weighted by Crippen LogP contribution is 2.23. The minimum Gasteiger partial charge on any atom is -0.339 e. The monoisotopic (exact) mass is 440 g/mol. The van der Waals surface area contributed by atoms with Gasteiger partial charge in [-0.05, 0) is 71.5 Å². The molecule has 2 amide bonds. The molecule has 3 rings (SSSR count). The number of nitrogens with one attached hydrogen (secondary N) is 1. The van der Waals surface area contributed by atoms with Crippen molar-refractivity contribution in [1.29, 1.82) is 0 Å². The summed E-state index contributed by atoms with van der Waals surface area (Å²) in [7, 11) is 0. The maximum atomic E-state index is 12.8. The Morgan fingerprint density at radius 2 is 1.91 bits per heavy atom. The Morgan fingerprint density at radius 1 is 1.13 bits per heavy atom. The molecule has 23 heavy (non-hydrogen) atoms. The van der Waals surface area contributed by atoms with E-state index in [2.05, 4.69) is 27.9 Å². The lowest BCUT2D eigenvalue weighted by atomic mass is 10.1. The summed E-state index contributed by atoms with van der Waals surface area (Å²) in [5, 5.41) is 4.74. The predicted octanol–water partition coefficient (Wildman–Crippen LogP) is 4.23. The highest BCUT2D eigenvalue weighted by atomic mass is 127. The predicted molar refractivity (Wildman–Crippen MR) is 101 cm³/mol. The van der Waals surface area contributed by atoms with Crippen LogP contribution in [0.15, 0.2) is 35.7 Å². The number of piperidine rings is 1. The fourth-order valence-electron chi connectivity index (χ4n) is 2.66. The van der Waals surface area contributed by atoms with Crippen molar-refractivity contribution >= 4 is 51.4 Å². The van der Waals surface area contributed by atoms with Gasteiger partial charge in [-0.3, -0.25) is 9.59 Å². The zero-order valence-corrected chi connectivity index (χ0v) is 15.5. The number of amides is 2. The number of thiophene rings is 1. The SMILES string of the molecule is O=C(Nc1ccc(I)cc1C(=O)N1CCCCC1)c1cccs1. The van der Waals surface area contributed by atoms with Gasteiger partial charge in [0.15, 0.2) is 0 Å². The molecule has 0 radical (unpaired) electrons. The Morgan fingerprint density at radius 3 is 2.61 bits per heavy atom. The summed E-state index contributed by atoms with van der Waals surface area (Å²) in [6, 6.07) is 9.18. The molecule has 120 valence electrons. The molecule has 1 aliphatic rings. The van der Waals surface area contributed by atoms with Gasteiger partial charge in [0, 0.05) is 16.7 Å². The number of hydrogen-bond acceptors (Lipinski definition) is 3. The van der Waals surface area contributed by atoms with Crippen LogP contribution in [0.1, 0.15) is 39.3 Å². The number of benzene rings is 1. The molecule has 2 heterocycles. The molecular weight excluding hydrogens is 423 g/mol. The van der Waals surface area contributed by atoms with Crippen LogP contribution in [-0.2, 0) is 0 Å². The van der Waals surface area contributed by atoms with Crippen LogP contribution in [0.25, 0.3) is 0 Å². The van der Waals surface area contributed by atoms with Crippen LogP contribution in [0.5, 0.6) is 0 Å². The van der Waals surface area contributed by atoms with Crippen molar-refractivity contribution in [2.75, 3.05) is 18.4 Å². The topological polar surface area (TPSA) is 49.4 Å². The van der Waals surface area contributed by atoms with Crippen LogP contribution in [0.3, 0.4) is 0 Å². The van der Waals surface area contributed by atoms with E-state index in [0.29, 0.717) is 16.1 Å². The van der Waals surface area contributed by atoms with Crippen LogP contribution in [-0.4, -0.2) is 29.8 Å². The summed E-state index contributed by atoms with van der Waals surface area (Å²) in [6.07, 6.45) is 3.27. The Bertz CT molecular complexity index is 709.